The number of hydrogen-bond acceptors (Lipinski definition) is 4. The molecule has 0 amide bonds. The van der Waals surface area contributed by atoms with Gasteiger partial charge >= 0.3 is 0 Å². The van der Waals surface area contributed by atoms with Crippen LogP contribution in [-0.4, -0.2) is 24.7 Å². The first kappa shape index (κ1) is 17.4. The number of sulfonamides is 1. The molecule has 0 fully saturated rings. The van der Waals surface area contributed by atoms with Crippen molar-refractivity contribution in [2.24, 2.45) is 0 Å². The molecular weight excluding hydrogens is 314 g/mol. The fraction of sp³-hybridized carbons (Fsp3) is 0.375. The van der Waals surface area contributed by atoms with Gasteiger partial charge in [0.15, 0.2) is 0 Å². The molecule has 2 rings (SSSR count). The number of rotatable bonds is 7. The normalized spacial score (nSPS) is 11.6. The molecule has 0 saturated heterocycles. The summed E-state index contributed by atoms with van der Waals surface area (Å²) in [5, 5.41) is 4.07. The minimum Gasteiger partial charge on any atom is -0.268 e. The smallest absolute Gasteiger partial charge is 0.266 e. The lowest BCUT2D eigenvalue weighted by atomic mass is 10.1. The topological polar surface area (TPSA) is 81.1 Å². The first-order valence-corrected chi connectivity index (χ1v) is 9.04. The van der Waals surface area contributed by atoms with Gasteiger partial charge in [0, 0.05) is 12.6 Å². The van der Waals surface area contributed by atoms with E-state index in [-0.39, 0.29) is 23.5 Å². The molecule has 124 valence electrons. The van der Waals surface area contributed by atoms with E-state index < -0.39 is 10.0 Å². The molecule has 0 bridgehead atoms. The number of benzene rings is 1. The summed E-state index contributed by atoms with van der Waals surface area (Å²) in [6.45, 7) is 4.15. The molecule has 0 aliphatic carbocycles. The summed E-state index contributed by atoms with van der Waals surface area (Å²) in [7, 11) is -3.58. The second-order valence-electron chi connectivity index (χ2n) is 5.33. The molecule has 1 aromatic heterocycles. The summed E-state index contributed by atoms with van der Waals surface area (Å²) < 4.78 is 28.2. The van der Waals surface area contributed by atoms with Crippen molar-refractivity contribution in [3.05, 3.63) is 58.0 Å². The number of nitrogens with zero attached hydrogens (tertiary/aromatic N) is 2. The Kier molecular flexibility index (Phi) is 5.68. The van der Waals surface area contributed by atoms with Crippen LogP contribution in [0.5, 0.6) is 0 Å². The summed E-state index contributed by atoms with van der Waals surface area (Å²) in [5.74, 6) is 0. The highest BCUT2D eigenvalue weighted by molar-refractivity contribution is 7.89. The van der Waals surface area contributed by atoms with Crippen LogP contribution < -0.4 is 10.3 Å². The summed E-state index contributed by atoms with van der Waals surface area (Å²) in [4.78, 5) is 11.8. The molecule has 1 aromatic carbocycles. The van der Waals surface area contributed by atoms with Crippen molar-refractivity contribution in [2.45, 2.75) is 38.1 Å². The maximum atomic E-state index is 12.2. The molecule has 6 nitrogen and oxygen atoms in total. The van der Waals surface area contributed by atoms with Crippen molar-refractivity contribution in [1.29, 1.82) is 0 Å². The second kappa shape index (κ2) is 7.52. The standard InChI is InChI=1S/C16H21N3O3S/c1-3-4-14-6-8-15(9-7-14)23(21,22)17-11-12-19-16(20)10-5-13(2)18-19/h5-10,17H,3-4,11-12H2,1-2H3. The van der Waals surface area contributed by atoms with Crippen molar-refractivity contribution in [2.75, 3.05) is 6.54 Å². The maximum Gasteiger partial charge on any atom is 0.266 e. The van der Waals surface area contributed by atoms with Crippen molar-refractivity contribution in [3.8, 4) is 0 Å². The Morgan fingerprint density at radius 3 is 2.48 bits per heavy atom. The number of aromatic nitrogens is 2. The van der Waals surface area contributed by atoms with E-state index in [2.05, 4.69) is 16.7 Å². The van der Waals surface area contributed by atoms with Gasteiger partial charge in [0.1, 0.15) is 0 Å². The number of aryl methyl sites for hydroxylation is 2. The highest BCUT2D eigenvalue weighted by atomic mass is 32.2. The first-order chi connectivity index (χ1) is 10.9. The fourth-order valence-corrected chi connectivity index (χ4v) is 3.23. The monoisotopic (exact) mass is 335 g/mol. The van der Waals surface area contributed by atoms with Crippen molar-refractivity contribution in [1.82, 2.24) is 14.5 Å². The van der Waals surface area contributed by atoms with Gasteiger partial charge in [-0.05, 0) is 37.1 Å². The van der Waals surface area contributed by atoms with Gasteiger partial charge in [-0.25, -0.2) is 17.8 Å². The molecule has 0 saturated carbocycles. The molecule has 2 aromatic rings. The van der Waals surface area contributed by atoms with E-state index in [1.165, 1.54) is 10.7 Å². The van der Waals surface area contributed by atoms with Crippen LogP contribution in [0.15, 0.2) is 46.1 Å². The van der Waals surface area contributed by atoms with Gasteiger partial charge in [0.2, 0.25) is 10.0 Å². The lowest BCUT2D eigenvalue weighted by molar-refractivity contribution is 0.544. The van der Waals surface area contributed by atoms with Crippen molar-refractivity contribution in [3.63, 3.8) is 0 Å². The predicted octanol–water partition coefficient (Wildman–Crippen LogP) is 1.48. The summed E-state index contributed by atoms with van der Waals surface area (Å²) in [6, 6.07) is 9.90. The van der Waals surface area contributed by atoms with Crippen LogP contribution in [0.2, 0.25) is 0 Å². The van der Waals surface area contributed by atoms with E-state index >= 15 is 0 Å². The largest absolute Gasteiger partial charge is 0.268 e. The molecule has 1 heterocycles. The van der Waals surface area contributed by atoms with Crippen LogP contribution in [0.3, 0.4) is 0 Å². The molecular formula is C16H21N3O3S. The van der Waals surface area contributed by atoms with E-state index in [0.29, 0.717) is 5.69 Å². The minimum absolute atomic E-state index is 0.107. The Bertz CT molecular complexity index is 811. The van der Waals surface area contributed by atoms with Gasteiger partial charge in [-0.2, -0.15) is 5.10 Å². The zero-order chi connectivity index (χ0) is 16.9. The highest BCUT2D eigenvalue weighted by Gasteiger charge is 2.13. The third-order valence-corrected chi connectivity index (χ3v) is 4.86. The van der Waals surface area contributed by atoms with Crippen LogP contribution in [0.1, 0.15) is 24.6 Å². The third kappa shape index (κ3) is 4.74. The van der Waals surface area contributed by atoms with Gasteiger partial charge in [-0.15, -0.1) is 0 Å². The fourth-order valence-electron chi connectivity index (χ4n) is 2.20. The average Bonchev–Trinajstić information content (AvgIpc) is 2.51. The van der Waals surface area contributed by atoms with Gasteiger partial charge in [0.05, 0.1) is 17.1 Å². The Morgan fingerprint density at radius 1 is 1.13 bits per heavy atom. The molecule has 0 aliphatic rings. The van der Waals surface area contributed by atoms with Crippen LogP contribution in [0.4, 0.5) is 0 Å². The lowest BCUT2D eigenvalue weighted by Crippen LogP contribution is -2.32. The van der Waals surface area contributed by atoms with E-state index in [1.54, 1.807) is 25.1 Å². The molecule has 23 heavy (non-hydrogen) atoms. The van der Waals surface area contributed by atoms with Crippen LogP contribution in [0, 0.1) is 6.92 Å². The van der Waals surface area contributed by atoms with E-state index in [9.17, 15) is 13.2 Å². The van der Waals surface area contributed by atoms with E-state index in [1.807, 2.05) is 12.1 Å². The summed E-state index contributed by atoms with van der Waals surface area (Å²) >= 11 is 0. The number of hydrogen-bond donors (Lipinski definition) is 1. The predicted molar refractivity (Wildman–Crippen MR) is 88.9 cm³/mol. The van der Waals surface area contributed by atoms with Crippen LogP contribution in [0.25, 0.3) is 0 Å². The van der Waals surface area contributed by atoms with Gasteiger partial charge < -0.3 is 0 Å². The molecule has 0 atom stereocenters. The van der Waals surface area contributed by atoms with Gasteiger partial charge in [-0.1, -0.05) is 25.5 Å². The summed E-state index contributed by atoms with van der Waals surface area (Å²) in [5.41, 5.74) is 1.57. The molecule has 0 aliphatic heterocycles. The quantitative estimate of drug-likeness (QED) is 0.831. The van der Waals surface area contributed by atoms with E-state index in [4.69, 9.17) is 0 Å². The van der Waals surface area contributed by atoms with Gasteiger partial charge in [0.25, 0.3) is 5.56 Å². The Labute approximate surface area is 136 Å². The minimum atomic E-state index is -3.58. The SMILES string of the molecule is CCCc1ccc(S(=O)(=O)NCCn2nc(C)ccc2=O)cc1. The Balaban J connectivity index is 2.01. The Hall–Kier alpha value is -1.99. The first-order valence-electron chi connectivity index (χ1n) is 7.56. The zero-order valence-corrected chi connectivity index (χ0v) is 14.1. The molecule has 0 spiro atoms. The van der Waals surface area contributed by atoms with Gasteiger partial charge in [-0.3, -0.25) is 4.79 Å². The van der Waals surface area contributed by atoms with Crippen LogP contribution >= 0.6 is 0 Å². The Morgan fingerprint density at radius 2 is 1.83 bits per heavy atom. The van der Waals surface area contributed by atoms with Crippen molar-refractivity contribution < 1.29 is 8.42 Å². The van der Waals surface area contributed by atoms with Crippen molar-refractivity contribution >= 4 is 10.0 Å². The summed E-state index contributed by atoms with van der Waals surface area (Å²) in [6.07, 6.45) is 1.94. The second-order valence-corrected chi connectivity index (χ2v) is 7.09. The molecule has 0 unspecified atom stereocenters. The highest BCUT2D eigenvalue weighted by Crippen LogP contribution is 2.11. The lowest BCUT2D eigenvalue weighted by Gasteiger charge is -2.09. The molecule has 0 radical (unpaired) electrons. The maximum absolute atomic E-state index is 12.2. The number of nitrogens with one attached hydrogen (secondary N) is 1. The zero-order valence-electron chi connectivity index (χ0n) is 13.3. The average molecular weight is 335 g/mol. The van der Waals surface area contributed by atoms with E-state index in [0.717, 1.165) is 18.4 Å². The molecule has 1 N–H and O–H groups in total. The van der Waals surface area contributed by atoms with Crippen LogP contribution in [-0.2, 0) is 23.0 Å². The third-order valence-electron chi connectivity index (χ3n) is 3.39. The molecule has 7 heteroatoms.